The number of phenolic OH excluding ortho intramolecular Hbond substituents is 1. The predicted molar refractivity (Wildman–Crippen MR) is 85.6 cm³/mol. The van der Waals surface area contributed by atoms with E-state index in [1.165, 1.54) is 26.4 Å². The number of hydrogen-bond acceptors (Lipinski definition) is 5. The molecule has 0 aliphatic carbocycles. The Morgan fingerprint density at radius 2 is 1.96 bits per heavy atom. The zero-order chi connectivity index (χ0) is 16.8. The number of Topliss-reactive ketones (excluding diaryl/α,β-unsaturated/α-hetero) is 1. The summed E-state index contributed by atoms with van der Waals surface area (Å²) in [6.07, 6.45) is 1.42. The van der Waals surface area contributed by atoms with Gasteiger partial charge in [-0.1, -0.05) is 18.2 Å². The lowest BCUT2D eigenvalue weighted by Crippen LogP contribution is -2.02. The van der Waals surface area contributed by atoms with Crippen LogP contribution in [-0.4, -0.2) is 25.1 Å². The zero-order valence-corrected chi connectivity index (χ0v) is 12.7. The van der Waals surface area contributed by atoms with Crippen molar-refractivity contribution in [3.05, 3.63) is 59.2 Å². The second-order valence-electron chi connectivity index (χ2n) is 4.66. The number of nitrogens with zero attached hydrogens (tertiary/aromatic N) is 1. The molecule has 0 unspecified atom stereocenters. The number of ether oxygens (including phenoxy) is 2. The van der Waals surface area contributed by atoms with Crippen molar-refractivity contribution in [3.63, 3.8) is 0 Å². The van der Waals surface area contributed by atoms with Gasteiger partial charge in [0.25, 0.3) is 0 Å². The fourth-order valence-electron chi connectivity index (χ4n) is 2.03. The Balaban J connectivity index is 2.36. The molecule has 0 aliphatic heterocycles. The summed E-state index contributed by atoms with van der Waals surface area (Å²) in [5.41, 5.74) is 0.841. The molecule has 0 atom stereocenters. The molecule has 23 heavy (non-hydrogen) atoms. The molecule has 116 valence electrons. The van der Waals surface area contributed by atoms with Crippen LogP contribution in [0.2, 0.25) is 0 Å². The van der Waals surface area contributed by atoms with E-state index in [1.54, 1.807) is 36.4 Å². The normalized spacial score (nSPS) is 10.7. The summed E-state index contributed by atoms with van der Waals surface area (Å²) in [5, 5.41) is 19.0. The highest BCUT2D eigenvalue weighted by molar-refractivity contribution is 6.14. The molecule has 2 rings (SSSR count). The summed E-state index contributed by atoms with van der Waals surface area (Å²) in [6, 6.07) is 13.1. The van der Waals surface area contributed by atoms with Crippen molar-refractivity contribution in [2.24, 2.45) is 0 Å². The molecule has 5 heteroatoms. The highest BCUT2D eigenvalue weighted by Gasteiger charge is 2.13. The Bertz CT molecular complexity index is 803. The number of methoxy groups -OCH3 is 2. The van der Waals surface area contributed by atoms with E-state index in [0.717, 1.165) is 0 Å². The van der Waals surface area contributed by atoms with Crippen LogP contribution in [-0.2, 0) is 0 Å². The Kier molecular flexibility index (Phi) is 5.00. The highest BCUT2D eigenvalue weighted by Crippen LogP contribution is 2.27. The lowest BCUT2D eigenvalue weighted by molar-refractivity contribution is 0.103. The first-order valence-corrected chi connectivity index (χ1v) is 6.76. The number of carbonyl (C=O) groups is 1. The molecular formula is C18H15NO4. The first kappa shape index (κ1) is 16.1. The maximum atomic E-state index is 12.4. The number of phenols is 1. The van der Waals surface area contributed by atoms with Crippen molar-refractivity contribution in [2.75, 3.05) is 14.2 Å². The zero-order valence-electron chi connectivity index (χ0n) is 12.7. The summed E-state index contributed by atoms with van der Waals surface area (Å²) in [6.45, 7) is 0. The lowest BCUT2D eigenvalue weighted by atomic mass is 10.0. The number of rotatable bonds is 5. The molecule has 0 heterocycles. The van der Waals surface area contributed by atoms with Crippen LogP contribution in [0.15, 0.2) is 48.0 Å². The van der Waals surface area contributed by atoms with Crippen LogP contribution < -0.4 is 9.47 Å². The maximum absolute atomic E-state index is 12.4. The van der Waals surface area contributed by atoms with Gasteiger partial charge in [0.2, 0.25) is 5.78 Å². The van der Waals surface area contributed by atoms with Crippen molar-refractivity contribution in [2.45, 2.75) is 0 Å². The molecule has 0 bridgehead atoms. The van der Waals surface area contributed by atoms with Gasteiger partial charge in [-0.2, -0.15) is 5.26 Å². The lowest BCUT2D eigenvalue weighted by Gasteiger charge is -2.05. The van der Waals surface area contributed by atoms with Gasteiger partial charge in [-0.3, -0.25) is 4.79 Å². The van der Waals surface area contributed by atoms with Gasteiger partial charge >= 0.3 is 0 Å². The fraction of sp³-hybridized carbons (Fsp3) is 0.111. The number of hydrogen-bond donors (Lipinski definition) is 1. The molecule has 2 aromatic rings. The maximum Gasteiger partial charge on any atom is 0.203 e. The topological polar surface area (TPSA) is 79.6 Å². The third kappa shape index (κ3) is 3.69. The SMILES string of the molecule is COc1cccc(C(=O)/C(C#N)=C/c2ccc(OC)c(O)c2)c1. The first-order chi connectivity index (χ1) is 11.1. The van der Waals surface area contributed by atoms with E-state index in [2.05, 4.69) is 0 Å². The van der Waals surface area contributed by atoms with Crippen LogP contribution >= 0.6 is 0 Å². The Morgan fingerprint density at radius 1 is 1.17 bits per heavy atom. The van der Waals surface area contributed by atoms with Crippen LogP contribution in [0.3, 0.4) is 0 Å². The minimum absolute atomic E-state index is 0.0391. The number of benzene rings is 2. The van der Waals surface area contributed by atoms with Crippen LogP contribution in [0.5, 0.6) is 17.2 Å². The third-order valence-electron chi connectivity index (χ3n) is 3.21. The summed E-state index contributed by atoms with van der Waals surface area (Å²) in [4.78, 5) is 12.4. The molecular weight excluding hydrogens is 294 g/mol. The van der Waals surface area contributed by atoms with Crippen LogP contribution in [0.4, 0.5) is 0 Å². The van der Waals surface area contributed by atoms with Gasteiger partial charge in [0.15, 0.2) is 11.5 Å². The average molecular weight is 309 g/mol. The smallest absolute Gasteiger partial charge is 0.203 e. The van der Waals surface area contributed by atoms with E-state index < -0.39 is 5.78 Å². The average Bonchev–Trinajstić information content (AvgIpc) is 2.59. The highest BCUT2D eigenvalue weighted by atomic mass is 16.5. The number of aromatic hydroxyl groups is 1. The monoisotopic (exact) mass is 309 g/mol. The first-order valence-electron chi connectivity index (χ1n) is 6.76. The molecule has 0 saturated carbocycles. The van der Waals surface area contributed by atoms with Crippen molar-refractivity contribution in [1.82, 2.24) is 0 Å². The minimum Gasteiger partial charge on any atom is -0.504 e. The molecule has 0 spiro atoms. The molecule has 0 saturated heterocycles. The van der Waals surface area contributed by atoms with Crippen molar-refractivity contribution < 1.29 is 19.4 Å². The van der Waals surface area contributed by atoms with Gasteiger partial charge in [-0.05, 0) is 35.9 Å². The predicted octanol–water partition coefficient (Wildman–Crippen LogP) is 3.20. The van der Waals surface area contributed by atoms with E-state index in [0.29, 0.717) is 22.6 Å². The Morgan fingerprint density at radius 3 is 2.57 bits per heavy atom. The van der Waals surface area contributed by atoms with Gasteiger partial charge in [0, 0.05) is 5.56 Å². The summed E-state index contributed by atoms with van der Waals surface area (Å²) >= 11 is 0. The van der Waals surface area contributed by atoms with Crippen molar-refractivity contribution >= 4 is 11.9 Å². The second-order valence-corrected chi connectivity index (χ2v) is 4.66. The largest absolute Gasteiger partial charge is 0.504 e. The Hall–Kier alpha value is -3.26. The Labute approximate surface area is 134 Å². The minimum atomic E-state index is -0.415. The molecule has 0 radical (unpaired) electrons. The number of carbonyl (C=O) groups excluding carboxylic acids is 1. The molecule has 2 aromatic carbocycles. The quantitative estimate of drug-likeness (QED) is 0.521. The van der Waals surface area contributed by atoms with Gasteiger partial charge in [0.05, 0.1) is 14.2 Å². The van der Waals surface area contributed by atoms with E-state index in [4.69, 9.17) is 9.47 Å². The molecule has 5 nitrogen and oxygen atoms in total. The second kappa shape index (κ2) is 7.14. The third-order valence-corrected chi connectivity index (χ3v) is 3.21. The van der Waals surface area contributed by atoms with Gasteiger partial charge < -0.3 is 14.6 Å². The standard InChI is InChI=1S/C18H15NO4/c1-22-15-5-3-4-13(10-15)18(21)14(11-19)8-12-6-7-17(23-2)16(20)9-12/h3-10,20H,1-2H3/b14-8+. The number of allylic oxidation sites excluding steroid dienone is 1. The number of nitriles is 1. The summed E-state index contributed by atoms with van der Waals surface area (Å²) in [7, 11) is 2.95. The van der Waals surface area contributed by atoms with Gasteiger partial charge in [-0.25, -0.2) is 0 Å². The fourth-order valence-corrected chi connectivity index (χ4v) is 2.03. The van der Waals surface area contributed by atoms with E-state index >= 15 is 0 Å². The molecule has 0 fully saturated rings. The number of ketones is 1. The van der Waals surface area contributed by atoms with Crippen LogP contribution in [0, 0.1) is 11.3 Å². The molecule has 0 amide bonds. The molecule has 0 aliphatic rings. The van der Waals surface area contributed by atoms with Gasteiger partial charge in [-0.15, -0.1) is 0 Å². The van der Waals surface area contributed by atoms with Crippen LogP contribution in [0.25, 0.3) is 6.08 Å². The van der Waals surface area contributed by atoms with Crippen LogP contribution in [0.1, 0.15) is 15.9 Å². The van der Waals surface area contributed by atoms with E-state index in [9.17, 15) is 15.2 Å². The van der Waals surface area contributed by atoms with E-state index in [1.807, 2.05) is 6.07 Å². The van der Waals surface area contributed by atoms with E-state index in [-0.39, 0.29) is 11.3 Å². The summed E-state index contributed by atoms with van der Waals surface area (Å²) < 4.78 is 10.0. The van der Waals surface area contributed by atoms with Crippen molar-refractivity contribution in [1.29, 1.82) is 5.26 Å². The van der Waals surface area contributed by atoms with Gasteiger partial charge in [0.1, 0.15) is 17.4 Å². The van der Waals surface area contributed by atoms with Crippen molar-refractivity contribution in [3.8, 4) is 23.3 Å². The summed E-state index contributed by atoms with van der Waals surface area (Å²) in [5.74, 6) is 0.379. The molecule has 0 aromatic heterocycles. The molecule has 1 N–H and O–H groups in total.